The van der Waals surface area contributed by atoms with E-state index in [0.717, 1.165) is 5.56 Å². The quantitative estimate of drug-likeness (QED) is 0.532. The molecule has 0 aliphatic rings. The van der Waals surface area contributed by atoms with Crippen LogP contribution in [-0.4, -0.2) is 18.1 Å². The Labute approximate surface area is 130 Å². The molecule has 0 aromatic heterocycles. The first-order valence-electron chi connectivity index (χ1n) is 7.58. The van der Waals surface area contributed by atoms with Gasteiger partial charge in [-0.1, -0.05) is 54.3 Å². The van der Waals surface area contributed by atoms with Crippen molar-refractivity contribution < 1.29 is 5.11 Å². The highest BCUT2D eigenvalue weighted by Gasteiger charge is 2.26. The molecule has 1 aromatic carbocycles. The molecular weight excluding hydrogens is 280 g/mol. The molecule has 0 bridgehead atoms. The summed E-state index contributed by atoms with van der Waals surface area (Å²) in [6.45, 7) is 18.4. The molecule has 20 heavy (non-hydrogen) atoms. The molecule has 1 nitrogen and oxygen atoms in total. The third kappa shape index (κ3) is 4.04. The molecule has 1 aromatic rings. The second-order valence-corrected chi connectivity index (χ2v) is 14.7. The summed E-state index contributed by atoms with van der Waals surface area (Å²) in [6.07, 6.45) is 0. The van der Waals surface area contributed by atoms with Crippen LogP contribution in [0.15, 0.2) is 17.0 Å². The van der Waals surface area contributed by atoms with E-state index in [1.807, 2.05) is 17.8 Å². The van der Waals surface area contributed by atoms with Crippen LogP contribution in [0.3, 0.4) is 0 Å². The maximum Gasteiger partial charge on any atom is 0.119 e. The normalized spacial score (nSPS) is 14.1. The van der Waals surface area contributed by atoms with Crippen LogP contribution in [-0.2, 0) is 0 Å². The Morgan fingerprint density at radius 2 is 1.40 bits per heavy atom. The monoisotopic (exact) mass is 310 g/mol. The summed E-state index contributed by atoms with van der Waals surface area (Å²) in [5.74, 6) is 1.25. The molecule has 0 saturated heterocycles. The number of hydrogen-bond acceptors (Lipinski definition) is 2. The van der Waals surface area contributed by atoms with Gasteiger partial charge in [0.2, 0.25) is 0 Å². The Hall–Kier alpha value is -0.413. The van der Waals surface area contributed by atoms with Gasteiger partial charge in [-0.2, -0.15) is 0 Å². The highest BCUT2D eigenvalue weighted by atomic mass is 32.2. The summed E-state index contributed by atoms with van der Waals surface area (Å²) in [6, 6.07) is 3.98. The third-order valence-electron chi connectivity index (χ3n) is 3.90. The molecule has 0 aliphatic heterocycles. The van der Waals surface area contributed by atoms with Crippen LogP contribution in [0.5, 0.6) is 5.75 Å². The van der Waals surface area contributed by atoms with Gasteiger partial charge in [-0.05, 0) is 29.5 Å². The van der Waals surface area contributed by atoms with Gasteiger partial charge in [0.25, 0.3) is 0 Å². The minimum Gasteiger partial charge on any atom is -0.508 e. The second kappa shape index (κ2) is 6.57. The minimum absolute atomic E-state index is 0.357. The van der Waals surface area contributed by atoms with Crippen molar-refractivity contribution in [2.45, 2.75) is 75.9 Å². The standard InChI is InChI=1S/C17H30OSSi/c1-11(2)16-14(18)9-10-15(17(16)12(3)4)19-13(5)20(6,7)8/h9-13,18H,1-8H3. The van der Waals surface area contributed by atoms with Crippen molar-refractivity contribution in [3.63, 3.8) is 0 Å². The number of aromatic hydroxyl groups is 1. The van der Waals surface area contributed by atoms with Crippen molar-refractivity contribution in [3.8, 4) is 5.75 Å². The number of rotatable bonds is 5. The van der Waals surface area contributed by atoms with E-state index in [1.54, 1.807) is 0 Å². The molecule has 1 atom stereocenters. The summed E-state index contributed by atoms with van der Waals surface area (Å²) in [5.41, 5.74) is 2.47. The van der Waals surface area contributed by atoms with Gasteiger partial charge in [-0.25, -0.2) is 0 Å². The van der Waals surface area contributed by atoms with Gasteiger partial charge in [0.1, 0.15) is 5.75 Å². The van der Waals surface area contributed by atoms with Crippen molar-refractivity contribution in [2.75, 3.05) is 0 Å². The highest BCUT2D eigenvalue weighted by Crippen LogP contribution is 2.42. The van der Waals surface area contributed by atoms with E-state index >= 15 is 0 Å². The maximum atomic E-state index is 10.2. The van der Waals surface area contributed by atoms with Gasteiger partial charge >= 0.3 is 0 Å². The zero-order chi connectivity index (χ0) is 15.7. The van der Waals surface area contributed by atoms with E-state index < -0.39 is 8.07 Å². The maximum absolute atomic E-state index is 10.2. The van der Waals surface area contributed by atoms with Crippen LogP contribution in [0.2, 0.25) is 19.6 Å². The summed E-state index contributed by atoms with van der Waals surface area (Å²) in [7, 11) is -1.16. The fourth-order valence-corrected chi connectivity index (χ4v) is 5.07. The molecule has 114 valence electrons. The average molecular weight is 311 g/mol. The molecule has 0 heterocycles. The molecule has 3 heteroatoms. The minimum atomic E-state index is -1.16. The Morgan fingerprint density at radius 1 is 0.900 bits per heavy atom. The third-order valence-corrected chi connectivity index (χ3v) is 9.78. The van der Waals surface area contributed by atoms with Crippen molar-refractivity contribution >= 4 is 19.8 Å². The average Bonchev–Trinajstić information content (AvgIpc) is 2.28. The van der Waals surface area contributed by atoms with Crippen LogP contribution in [0.1, 0.15) is 57.6 Å². The summed E-state index contributed by atoms with van der Waals surface area (Å²) in [5, 5.41) is 10.2. The second-order valence-electron chi connectivity index (χ2n) is 7.35. The van der Waals surface area contributed by atoms with Gasteiger partial charge in [-0.15, -0.1) is 11.8 Å². The molecule has 0 amide bonds. The lowest BCUT2D eigenvalue weighted by Crippen LogP contribution is -2.33. The first-order chi connectivity index (χ1) is 9.05. The lowest BCUT2D eigenvalue weighted by molar-refractivity contribution is 0.461. The van der Waals surface area contributed by atoms with Crippen molar-refractivity contribution in [3.05, 3.63) is 23.3 Å². The number of hydrogen-bond donors (Lipinski definition) is 1. The molecule has 1 N–H and O–H groups in total. The summed E-state index contributed by atoms with van der Waals surface area (Å²) in [4.78, 5) is 2.03. The summed E-state index contributed by atoms with van der Waals surface area (Å²) >= 11 is 2.00. The van der Waals surface area contributed by atoms with E-state index in [0.29, 0.717) is 22.5 Å². The first-order valence-corrected chi connectivity index (χ1v) is 12.0. The Morgan fingerprint density at radius 3 is 1.80 bits per heavy atom. The van der Waals surface area contributed by atoms with Gasteiger partial charge < -0.3 is 5.11 Å². The molecular formula is C17H30OSSi. The highest BCUT2D eigenvalue weighted by molar-refractivity contribution is 8.01. The van der Waals surface area contributed by atoms with Gasteiger partial charge in [0, 0.05) is 15.3 Å². The number of thioether (sulfide) groups is 1. The molecule has 0 saturated carbocycles. The Bertz CT molecular complexity index is 461. The molecule has 0 aliphatic carbocycles. The SMILES string of the molecule is CC(C)c1c(O)ccc(SC(C)[Si](C)(C)C)c1C(C)C. The summed E-state index contributed by atoms with van der Waals surface area (Å²) < 4.78 is 0. The van der Waals surface area contributed by atoms with Gasteiger partial charge in [-0.3, -0.25) is 0 Å². The molecule has 1 unspecified atom stereocenters. The number of phenols is 1. The van der Waals surface area contributed by atoms with Crippen LogP contribution in [0.25, 0.3) is 0 Å². The lowest BCUT2D eigenvalue weighted by Gasteiger charge is -2.28. The van der Waals surface area contributed by atoms with E-state index in [4.69, 9.17) is 0 Å². The molecule has 0 radical (unpaired) electrons. The van der Waals surface area contributed by atoms with E-state index in [2.05, 4.69) is 60.3 Å². The van der Waals surface area contributed by atoms with Gasteiger partial charge in [0.15, 0.2) is 0 Å². The predicted molar refractivity (Wildman–Crippen MR) is 94.9 cm³/mol. The first kappa shape index (κ1) is 17.6. The largest absolute Gasteiger partial charge is 0.508 e. The number of phenolic OH excluding ortho intramolecular Hbond substituents is 1. The van der Waals surface area contributed by atoms with E-state index in [1.165, 1.54) is 10.5 Å². The van der Waals surface area contributed by atoms with E-state index in [9.17, 15) is 5.11 Å². The predicted octanol–water partition coefficient (Wildman–Crippen LogP) is 6.00. The lowest BCUT2D eigenvalue weighted by atomic mass is 9.90. The Kier molecular flexibility index (Phi) is 5.79. The smallest absolute Gasteiger partial charge is 0.119 e. The Balaban J connectivity index is 3.30. The number of benzene rings is 1. The molecule has 0 spiro atoms. The molecule has 0 fully saturated rings. The topological polar surface area (TPSA) is 20.2 Å². The fraction of sp³-hybridized carbons (Fsp3) is 0.647. The zero-order valence-corrected chi connectivity index (χ0v) is 16.1. The van der Waals surface area contributed by atoms with Crippen LogP contribution < -0.4 is 0 Å². The van der Waals surface area contributed by atoms with Crippen molar-refractivity contribution in [1.82, 2.24) is 0 Å². The molecule has 1 rings (SSSR count). The van der Waals surface area contributed by atoms with Crippen molar-refractivity contribution in [2.24, 2.45) is 0 Å². The van der Waals surface area contributed by atoms with Crippen LogP contribution >= 0.6 is 11.8 Å². The fourth-order valence-electron chi connectivity index (χ4n) is 2.28. The van der Waals surface area contributed by atoms with Crippen LogP contribution in [0, 0.1) is 0 Å². The van der Waals surface area contributed by atoms with Crippen LogP contribution in [0.4, 0.5) is 0 Å². The van der Waals surface area contributed by atoms with Gasteiger partial charge in [0.05, 0.1) is 8.07 Å². The van der Waals surface area contributed by atoms with E-state index in [-0.39, 0.29) is 0 Å². The van der Waals surface area contributed by atoms with Crippen molar-refractivity contribution in [1.29, 1.82) is 0 Å². The zero-order valence-electron chi connectivity index (χ0n) is 14.2.